The van der Waals surface area contributed by atoms with E-state index in [1.807, 2.05) is 0 Å². The third-order valence-electron chi connectivity index (χ3n) is 3.52. The molecule has 0 atom stereocenters. The monoisotopic (exact) mass is 188 g/mol. The molecule has 1 fully saturated rings. The number of benzene rings is 1. The van der Waals surface area contributed by atoms with Crippen LogP contribution in [0.1, 0.15) is 30.4 Å². The van der Waals surface area contributed by atoms with Crippen molar-refractivity contribution in [3.8, 4) is 0 Å². The molecule has 0 amide bonds. The molecule has 2 aliphatic rings. The second kappa shape index (κ2) is 2.83. The zero-order valence-corrected chi connectivity index (χ0v) is 8.37. The highest BCUT2D eigenvalue weighted by Crippen LogP contribution is 2.42. The standard InChI is InChI=1S/C13H16O/c14-13(7-10-5-6-10)8-11-3-1-2-4-12(11)9-13/h1-4,10,14H,5-9H2. The van der Waals surface area contributed by atoms with Gasteiger partial charge in [0, 0.05) is 12.8 Å². The molecule has 1 aromatic rings. The van der Waals surface area contributed by atoms with Gasteiger partial charge in [-0.25, -0.2) is 0 Å². The molecule has 0 bridgehead atoms. The van der Waals surface area contributed by atoms with Gasteiger partial charge in [-0.2, -0.15) is 0 Å². The van der Waals surface area contributed by atoms with Crippen LogP contribution in [0.3, 0.4) is 0 Å². The van der Waals surface area contributed by atoms with Crippen molar-refractivity contribution in [1.29, 1.82) is 0 Å². The molecule has 0 aromatic heterocycles. The lowest BCUT2D eigenvalue weighted by molar-refractivity contribution is 0.0367. The van der Waals surface area contributed by atoms with E-state index in [-0.39, 0.29) is 0 Å². The van der Waals surface area contributed by atoms with E-state index in [9.17, 15) is 5.11 Å². The minimum absolute atomic E-state index is 0.412. The minimum atomic E-state index is -0.412. The quantitative estimate of drug-likeness (QED) is 0.755. The summed E-state index contributed by atoms with van der Waals surface area (Å²) >= 11 is 0. The van der Waals surface area contributed by atoms with Crippen molar-refractivity contribution in [3.05, 3.63) is 35.4 Å². The Labute approximate surface area is 84.8 Å². The van der Waals surface area contributed by atoms with Gasteiger partial charge in [0.2, 0.25) is 0 Å². The first-order chi connectivity index (χ1) is 6.75. The lowest BCUT2D eigenvalue weighted by Crippen LogP contribution is -2.29. The molecule has 1 saturated carbocycles. The Bertz CT molecular complexity index is 327. The lowest BCUT2D eigenvalue weighted by Gasteiger charge is -2.21. The van der Waals surface area contributed by atoms with Crippen LogP contribution in [-0.4, -0.2) is 10.7 Å². The molecule has 1 heteroatoms. The van der Waals surface area contributed by atoms with Crippen LogP contribution in [0.4, 0.5) is 0 Å². The highest BCUT2D eigenvalue weighted by atomic mass is 16.3. The Morgan fingerprint density at radius 3 is 2.21 bits per heavy atom. The summed E-state index contributed by atoms with van der Waals surface area (Å²) in [4.78, 5) is 0. The van der Waals surface area contributed by atoms with Crippen molar-refractivity contribution in [2.75, 3.05) is 0 Å². The van der Waals surface area contributed by atoms with Crippen LogP contribution in [-0.2, 0) is 12.8 Å². The lowest BCUT2D eigenvalue weighted by atomic mass is 9.93. The maximum absolute atomic E-state index is 10.4. The van der Waals surface area contributed by atoms with Crippen molar-refractivity contribution in [3.63, 3.8) is 0 Å². The van der Waals surface area contributed by atoms with Crippen LogP contribution in [0.5, 0.6) is 0 Å². The fourth-order valence-electron chi connectivity index (χ4n) is 2.68. The van der Waals surface area contributed by atoms with Crippen molar-refractivity contribution in [2.24, 2.45) is 5.92 Å². The third kappa shape index (κ3) is 1.46. The van der Waals surface area contributed by atoms with E-state index in [1.54, 1.807) is 0 Å². The second-order valence-electron chi connectivity index (χ2n) is 4.99. The molecule has 0 radical (unpaired) electrons. The molecule has 0 spiro atoms. The molecule has 14 heavy (non-hydrogen) atoms. The van der Waals surface area contributed by atoms with Crippen LogP contribution >= 0.6 is 0 Å². The first kappa shape index (κ1) is 8.49. The SMILES string of the molecule is OC1(CC2CC2)Cc2ccccc2C1. The molecule has 0 saturated heterocycles. The molecule has 0 unspecified atom stereocenters. The average Bonchev–Trinajstić information content (AvgIpc) is 2.84. The summed E-state index contributed by atoms with van der Waals surface area (Å²) in [7, 11) is 0. The Morgan fingerprint density at radius 2 is 1.71 bits per heavy atom. The van der Waals surface area contributed by atoms with Gasteiger partial charge >= 0.3 is 0 Å². The molecule has 0 heterocycles. The minimum Gasteiger partial charge on any atom is -0.389 e. The number of rotatable bonds is 2. The largest absolute Gasteiger partial charge is 0.389 e. The molecule has 2 aliphatic carbocycles. The summed E-state index contributed by atoms with van der Waals surface area (Å²) in [6.45, 7) is 0. The topological polar surface area (TPSA) is 20.2 Å². The first-order valence-corrected chi connectivity index (χ1v) is 5.54. The van der Waals surface area contributed by atoms with E-state index in [4.69, 9.17) is 0 Å². The van der Waals surface area contributed by atoms with Gasteiger partial charge in [-0.1, -0.05) is 37.1 Å². The van der Waals surface area contributed by atoms with Crippen LogP contribution in [0.15, 0.2) is 24.3 Å². The smallest absolute Gasteiger partial charge is 0.0730 e. The number of fused-ring (bicyclic) bond motifs is 1. The van der Waals surface area contributed by atoms with Gasteiger partial charge in [-0.3, -0.25) is 0 Å². The zero-order valence-electron chi connectivity index (χ0n) is 8.37. The maximum Gasteiger partial charge on any atom is 0.0730 e. The number of aliphatic hydroxyl groups is 1. The predicted molar refractivity (Wildman–Crippen MR) is 56.1 cm³/mol. The van der Waals surface area contributed by atoms with E-state index in [1.165, 1.54) is 24.0 Å². The number of hydrogen-bond acceptors (Lipinski definition) is 1. The molecule has 1 aromatic carbocycles. The molecule has 1 nitrogen and oxygen atoms in total. The summed E-state index contributed by atoms with van der Waals surface area (Å²) in [6, 6.07) is 8.45. The fourth-order valence-corrected chi connectivity index (χ4v) is 2.68. The summed E-state index contributed by atoms with van der Waals surface area (Å²) in [6.07, 6.45) is 5.43. The summed E-state index contributed by atoms with van der Waals surface area (Å²) < 4.78 is 0. The number of hydrogen-bond donors (Lipinski definition) is 1. The van der Waals surface area contributed by atoms with Gasteiger partial charge in [-0.05, 0) is 23.5 Å². The van der Waals surface area contributed by atoms with E-state index in [0.29, 0.717) is 0 Å². The normalized spacial score (nSPS) is 23.5. The molecule has 1 N–H and O–H groups in total. The second-order valence-corrected chi connectivity index (χ2v) is 4.99. The molecule has 0 aliphatic heterocycles. The maximum atomic E-state index is 10.4. The van der Waals surface area contributed by atoms with E-state index in [2.05, 4.69) is 24.3 Å². The Morgan fingerprint density at radius 1 is 1.14 bits per heavy atom. The molecule has 74 valence electrons. The average molecular weight is 188 g/mol. The third-order valence-corrected chi connectivity index (χ3v) is 3.52. The van der Waals surface area contributed by atoms with Gasteiger partial charge < -0.3 is 5.11 Å². The highest BCUT2D eigenvalue weighted by molar-refractivity contribution is 5.35. The van der Waals surface area contributed by atoms with Crippen molar-refractivity contribution in [1.82, 2.24) is 0 Å². The Hall–Kier alpha value is -0.820. The fraction of sp³-hybridized carbons (Fsp3) is 0.538. The van der Waals surface area contributed by atoms with Gasteiger partial charge in [0.05, 0.1) is 5.60 Å². The van der Waals surface area contributed by atoms with E-state index in [0.717, 1.165) is 25.2 Å². The van der Waals surface area contributed by atoms with Gasteiger partial charge in [0.1, 0.15) is 0 Å². The van der Waals surface area contributed by atoms with Crippen molar-refractivity contribution < 1.29 is 5.11 Å². The Kier molecular flexibility index (Phi) is 1.72. The van der Waals surface area contributed by atoms with E-state index >= 15 is 0 Å². The molecular formula is C13H16O. The summed E-state index contributed by atoms with van der Waals surface area (Å²) in [5, 5.41) is 10.4. The van der Waals surface area contributed by atoms with Crippen molar-refractivity contribution in [2.45, 2.75) is 37.7 Å². The van der Waals surface area contributed by atoms with Crippen LogP contribution in [0.25, 0.3) is 0 Å². The van der Waals surface area contributed by atoms with Gasteiger partial charge in [-0.15, -0.1) is 0 Å². The molecule has 3 rings (SSSR count). The summed E-state index contributed by atoms with van der Waals surface area (Å²) in [5.41, 5.74) is 2.30. The predicted octanol–water partition coefficient (Wildman–Crippen LogP) is 2.32. The van der Waals surface area contributed by atoms with Crippen LogP contribution in [0, 0.1) is 5.92 Å². The zero-order chi connectivity index (χ0) is 9.60. The van der Waals surface area contributed by atoms with Crippen LogP contribution < -0.4 is 0 Å². The first-order valence-electron chi connectivity index (χ1n) is 5.54. The van der Waals surface area contributed by atoms with Crippen LogP contribution in [0.2, 0.25) is 0 Å². The van der Waals surface area contributed by atoms with E-state index < -0.39 is 5.60 Å². The Balaban J connectivity index is 1.82. The highest BCUT2D eigenvalue weighted by Gasteiger charge is 2.39. The summed E-state index contributed by atoms with van der Waals surface area (Å²) in [5.74, 6) is 0.814. The van der Waals surface area contributed by atoms with Gasteiger partial charge in [0.25, 0.3) is 0 Å². The van der Waals surface area contributed by atoms with Crippen molar-refractivity contribution >= 4 is 0 Å². The van der Waals surface area contributed by atoms with Gasteiger partial charge in [0.15, 0.2) is 0 Å². The molecular weight excluding hydrogens is 172 g/mol.